The van der Waals surface area contributed by atoms with Crippen molar-refractivity contribution in [2.24, 2.45) is 0 Å². The van der Waals surface area contributed by atoms with E-state index in [0.717, 1.165) is 5.56 Å². The molecule has 0 aliphatic carbocycles. The molecule has 0 unspecified atom stereocenters. The van der Waals surface area contributed by atoms with Gasteiger partial charge in [0.15, 0.2) is 17.1 Å². The van der Waals surface area contributed by atoms with E-state index in [1.165, 1.54) is 27.4 Å². The Morgan fingerprint density at radius 2 is 1.68 bits per heavy atom. The molecule has 0 saturated carbocycles. The van der Waals surface area contributed by atoms with Crippen LogP contribution in [0.5, 0.6) is 23.0 Å². The maximum absolute atomic E-state index is 12.9. The Morgan fingerprint density at radius 1 is 0.935 bits per heavy atom. The number of oxazole rings is 1. The first-order valence-corrected chi connectivity index (χ1v) is 10.0. The van der Waals surface area contributed by atoms with Crippen LogP contribution in [0.25, 0.3) is 22.6 Å². The maximum atomic E-state index is 12.9. The summed E-state index contributed by atoms with van der Waals surface area (Å²) in [6.07, 6.45) is 0. The molecular weight excluding hydrogens is 466 g/mol. The van der Waals surface area contributed by atoms with Crippen LogP contribution < -0.4 is 18.9 Å². The summed E-state index contributed by atoms with van der Waals surface area (Å²) < 4.78 is 27.8. The molecule has 0 amide bonds. The van der Waals surface area contributed by atoms with Crippen molar-refractivity contribution in [3.63, 3.8) is 0 Å². The molecule has 0 atom stereocenters. The van der Waals surface area contributed by atoms with Gasteiger partial charge in [-0.25, -0.2) is 9.78 Å². The zero-order valence-corrected chi connectivity index (χ0v) is 18.6. The number of halogens is 1. The molecule has 0 aliphatic heterocycles. The molecule has 4 rings (SSSR count). The second kappa shape index (κ2) is 8.69. The summed E-state index contributed by atoms with van der Waals surface area (Å²) in [4.78, 5) is 17.4. The number of rotatable bonds is 6. The second-order valence-corrected chi connectivity index (χ2v) is 7.20. The van der Waals surface area contributed by atoms with Crippen molar-refractivity contribution in [3.05, 3.63) is 64.6 Å². The molecule has 0 bridgehead atoms. The van der Waals surface area contributed by atoms with Gasteiger partial charge in [-0.1, -0.05) is 18.2 Å². The SMILES string of the molecule is COc1cc(C(=O)Oc2ccc3nc(-c4ccccc4)oc3c2)c(Br)c(OC)c1OC. The lowest BCUT2D eigenvalue weighted by Crippen LogP contribution is -2.11. The van der Waals surface area contributed by atoms with Gasteiger partial charge < -0.3 is 23.4 Å². The highest BCUT2D eigenvalue weighted by Gasteiger charge is 2.24. The number of benzene rings is 3. The molecule has 0 radical (unpaired) electrons. The van der Waals surface area contributed by atoms with Crippen LogP contribution in [-0.2, 0) is 0 Å². The van der Waals surface area contributed by atoms with E-state index in [1.54, 1.807) is 18.2 Å². The Hall–Kier alpha value is -3.52. The number of esters is 1. The van der Waals surface area contributed by atoms with Crippen molar-refractivity contribution in [1.29, 1.82) is 0 Å². The van der Waals surface area contributed by atoms with Crippen LogP contribution in [-0.4, -0.2) is 32.3 Å². The van der Waals surface area contributed by atoms with Gasteiger partial charge in [-0.05, 0) is 46.3 Å². The topological polar surface area (TPSA) is 80.0 Å². The molecular formula is C23H18BrNO6. The quantitative estimate of drug-likeness (QED) is 0.264. The number of hydrogen-bond acceptors (Lipinski definition) is 7. The number of ether oxygens (including phenoxy) is 4. The minimum absolute atomic E-state index is 0.220. The van der Waals surface area contributed by atoms with Gasteiger partial charge in [-0.2, -0.15) is 0 Å². The molecule has 1 heterocycles. The van der Waals surface area contributed by atoms with Gasteiger partial charge in [0.1, 0.15) is 11.3 Å². The monoisotopic (exact) mass is 483 g/mol. The first-order valence-electron chi connectivity index (χ1n) is 9.22. The molecule has 8 heteroatoms. The number of hydrogen-bond donors (Lipinski definition) is 0. The third-order valence-electron chi connectivity index (χ3n) is 4.58. The Kier molecular flexibility index (Phi) is 5.81. The molecule has 4 aromatic rings. The molecule has 158 valence electrons. The van der Waals surface area contributed by atoms with Crippen LogP contribution in [0.4, 0.5) is 0 Å². The molecule has 1 aromatic heterocycles. The Bertz CT molecular complexity index is 1250. The van der Waals surface area contributed by atoms with Crippen LogP contribution in [0, 0.1) is 0 Å². The van der Waals surface area contributed by atoms with E-state index >= 15 is 0 Å². The van der Waals surface area contributed by atoms with Crippen molar-refractivity contribution >= 4 is 33.0 Å². The molecule has 0 saturated heterocycles. The predicted molar refractivity (Wildman–Crippen MR) is 118 cm³/mol. The fraction of sp³-hybridized carbons (Fsp3) is 0.130. The highest BCUT2D eigenvalue weighted by molar-refractivity contribution is 9.10. The van der Waals surface area contributed by atoms with Gasteiger partial charge >= 0.3 is 5.97 Å². The van der Waals surface area contributed by atoms with E-state index in [0.29, 0.717) is 44.5 Å². The lowest BCUT2D eigenvalue weighted by Gasteiger charge is -2.16. The van der Waals surface area contributed by atoms with Gasteiger partial charge in [0, 0.05) is 11.6 Å². The minimum atomic E-state index is -0.603. The van der Waals surface area contributed by atoms with Crippen LogP contribution >= 0.6 is 15.9 Å². The number of carbonyl (C=O) groups is 1. The molecule has 0 N–H and O–H groups in total. The Balaban J connectivity index is 1.65. The summed E-state index contributed by atoms with van der Waals surface area (Å²) in [5.41, 5.74) is 2.25. The van der Waals surface area contributed by atoms with Crippen LogP contribution in [0.2, 0.25) is 0 Å². The van der Waals surface area contributed by atoms with Crippen molar-refractivity contribution in [1.82, 2.24) is 4.98 Å². The molecule has 0 spiro atoms. The number of nitrogens with zero attached hydrogens (tertiary/aromatic N) is 1. The Morgan fingerprint density at radius 3 is 2.35 bits per heavy atom. The van der Waals surface area contributed by atoms with Gasteiger partial charge in [-0.15, -0.1) is 0 Å². The summed E-state index contributed by atoms with van der Waals surface area (Å²) in [5, 5.41) is 0. The number of methoxy groups -OCH3 is 3. The summed E-state index contributed by atoms with van der Waals surface area (Å²) >= 11 is 3.39. The summed E-state index contributed by atoms with van der Waals surface area (Å²) in [6.45, 7) is 0. The van der Waals surface area contributed by atoms with E-state index < -0.39 is 5.97 Å². The molecule has 3 aromatic carbocycles. The zero-order chi connectivity index (χ0) is 22.0. The smallest absolute Gasteiger partial charge is 0.344 e. The first-order chi connectivity index (χ1) is 15.0. The van der Waals surface area contributed by atoms with Crippen molar-refractivity contribution in [2.75, 3.05) is 21.3 Å². The molecule has 0 fully saturated rings. The minimum Gasteiger partial charge on any atom is -0.493 e. The van der Waals surface area contributed by atoms with Crippen LogP contribution in [0.3, 0.4) is 0 Å². The average Bonchev–Trinajstić information content (AvgIpc) is 3.22. The number of fused-ring (bicyclic) bond motifs is 1. The van der Waals surface area contributed by atoms with Gasteiger partial charge in [-0.3, -0.25) is 0 Å². The Labute approximate surface area is 186 Å². The second-order valence-electron chi connectivity index (χ2n) is 6.41. The van der Waals surface area contributed by atoms with Crippen LogP contribution in [0.1, 0.15) is 10.4 Å². The highest BCUT2D eigenvalue weighted by atomic mass is 79.9. The summed E-state index contributed by atoms with van der Waals surface area (Å²) in [6, 6.07) is 16.1. The van der Waals surface area contributed by atoms with Crippen molar-refractivity contribution in [3.8, 4) is 34.5 Å². The van der Waals surface area contributed by atoms with Crippen LogP contribution in [0.15, 0.2) is 63.5 Å². The van der Waals surface area contributed by atoms with E-state index in [1.807, 2.05) is 30.3 Å². The predicted octanol–water partition coefficient (Wildman–Crippen LogP) is 5.50. The lowest BCUT2D eigenvalue weighted by molar-refractivity contribution is 0.0733. The van der Waals surface area contributed by atoms with E-state index in [9.17, 15) is 4.79 Å². The molecule has 0 aliphatic rings. The first kappa shape index (κ1) is 20.7. The van der Waals surface area contributed by atoms with Gasteiger partial charge in [0.05, 0.1) is 31.4 Å². The molecule has 31 heavy (non-hydrogen) atoms. The average molecular weight is 484 g/mol. The summed E-state index contributed by atoms with van der Waals surface area (Å²) in [7, 11) is 4.43. The summed E-state index contributed by atoms with van der Waals surface area (Å²) in [5.74, 6) is 1.23. The largest absolute Gasteiger partial charge is 0.493 e. The number of carbonyl (C=O) groups excluding carboxylic acids is 1. The maximum Gasteiger partial charge on any atom is 0.344 e. The van der Waals surface area contributed by atoms with Gasteiger partial charge in [0.25, 0.3) is 0 Å². The van der Waals surface area contributed by atoms with E-state index in [2.05, 4.69) is 20.9 Å². The van der Waals surface area contributed by atoms with Crippen molar-refractivity contribution < 1.29 is 28.2 Å². The number of aromatic nitrogens is 1. The third-order valence-corrected chi connectivity index (χ3v) is 5.37. The van der Waals surface area contributed by atoms with Crippen molar-refractivity contribution in [2.45, 2.75) is 0 Å². The normalized spacial score (nSPS) is 10.7. The van der Waals surface area contributed by atoms with E-state index in [4.69, 9.17) is 23.4 Å². The van der Waals surface area contributed by atoms with Gasteiger partial charge in [0.2, 0.25) is 11.6 Å². The zero-order valence-electron chi connectivity index (χ0n) is 17.0. The highest BCUT2D eigenvalue weighted by Crippen LogP contribution is 2.45. The molecule has 7 nitrogen and oxygen atoms in total. The fourth-order valence-electron chi connectivity index (χ4n) is 3.10. The lowest BCUT2D eigenvalue weighted by atomic mass is 10.2. The van der Waals surface area contributed by atoms with E-state index in [-0.39, 0.29) is 5.56 Å². The fourth-order valence-corrected chi connectivity index (χ4v) is 3.72. The third kappa shape index (κ3) is 3.94. The standard InChI is InChI=1S/C23H18BrNO6/c1-27-18-12-15(19(24)21(29-3)20(18)28-2)23(26)30-14-9-10-16-17(11-14)31-22(25-16)13-7-5-4-6-8-13/h4-12H,1-3H3.